The Hall–Kier alpha value is -2.51. The van der Waals surface area contributed by atoms with E-state index in [1.807, 2.05) is 0 Å². The monoisotopic (exact) mass is 582 g/mol. The molecular weight excluding hydrogens is 532 g/mol. The largest absolute Gasteiger partial charge is 0.458 e. The van der Waals surface area contributed by atoms with Gasteiger partial charge in [0.15, 0.2) is 0 Å². The zero-order chi connectivity index (χ0) is 30.4. The highest BCUT2D eigenvalue weighted by Crippen LogP contribution is 2.68. The molecule has 42 heavy (non-hydrogen) atoms. The van der Waals surface area contributed by atoms with Gasteiger partial charge in [-0.05, 0) is 105 Å². The van der Waals surface area contributed by atoms with Crippen LogP contribution < -0.4 is 0 Å². The van der Waals surface area contributed by atoms with Crippen LogP contribution in [0.1, 0.15) is 122 Å². The highest BCUT2D eigenvalue weighted by Gasteiger charge is 2.62. The van der Waals surface area contributed by atoms with Gasteiger partial charge in [0.25, 0.3) is 11.4 Å². The van der Waals surface area contributed by atoms with Crippen molar-refractivity contribution in [2.24, 2.45) is 52.3 Å². The molecule has 0 bridgehead atoms. The van der Waals surface area contributed by atoms with Crippen molar-refractivity contribution in [1.29, 1.82) is 0 Å². The van der Waals surface area contributed by atoms with Crippen molar-refractivity contribution in [2.75, 3.05) is 0 Å². The van der Waals surface area contributed by atoms with Crippen LogP contribution in [-0.4, -0.2) is 21.9 Å². The van der Waals surface area contributed by atoms with Crippen molar-refractivity contribution < 1.29 is 19.4 Å². The van der Waals surface area contributed by atoms with E-state index in [0.29, 0.717) is 29.1 Å². The lowest BCUT2D eigenvalue weighted by Crippen LogP contribution is -2.58. The molecule has 0 saturated heterocycles. The quantitative estimate of drug-likeness (QED) is 0.163. The second-order valence-corrected chi connectivity index (χ2v) is 15.1. The number of ether oxygens (including phenoxy) is 1. The Kier molecular flexibility index (Phi) is 8.75. The van der Waals surface area contributed by atoms with Crippen molar-refractivity contribution in [3.8, 4) is 0 Å². The minimum absolute atomic E-state index is 0.115. The van der Waals surface area contributed by atoms with Crippen LogP contribution in [0, 0.1) is 72.5 Å². The molecule has 4 aliphatic rings. The van der Waals surface area contributed by atoms with Crippen LogP contribution in [0.3, 0.4) is 0 Å². The van der Waals surface area contributed by atoms with Crippen LogP contribution in [0.2, 0.25) is 0 Å². The number of fused-ring (bicyclic) bond motifs is 5. The van der Waals surface area contributed by atoms with Crippen LogP contribution >= 0.6 is 0 Å². The molecule has 4 fully saturated rings. The summed E-state index contributed by atoms with van der Waals surface area (Å²) < 4.78 is 6.24. The van der Waals surface area contributed by atoms with Crippen LogP contribution in [0.15, 0.2) is 18.2 Å². The first-order valence-corrected chi connectivity index (χ1v) is 16.5. The van der Waals surface area contributed by atoms with Gasteiger partial charge in [-0.2, -0.15) is 0 Å². The summed E-state index contributed by atoms with van der Waals surface area (Å²) in [5.41, 5.74) is -0.823. The first kappa shape index (κ1) is 30.9. The molecule has 4 saturated carbocycles. The number of non-ortho nitro benzene ring substituents is 2. The van der Waals surface area contributed by atoms with Gasteiger partial charge in [-0.1, -0.05) is 53.9 Å². The molecule has 0 radical (unpaired) electrons. The third-order valence-electron chi connectivity index (χ3n) is 12.7. The summed E-state index contributed by atoms with van der Waals surface area (Å²) in [6.45, 7) is 12.1. The van der Waals surface area contributed by atoms with E-state index in [9.17, 15) is 25.0 Å². The summed E-state index contributed by atoms with van der Waals surface area (Å²) in [4.78, 5) is 34.9. The maximum absolute atomic E-state index is 13.5. The molecule has 0 spiro atoms. The Bertz CT molecular complexity index is 1170. The zero-order valence-corrected chi connectivity index (χ0v) is 26.2. The van der Waals surface area contributed by atoms with E-state index in [1.165, 1.54) is 44.9 Å². The number of hydrogen-bond acceptors (Lipinski definition) is 6. The molecule has 5 rings (SSSR count). The predicted molar refractivity (Wildman–Crippen MR) is 162 cm³/mol. The van der Waals surface area contributed by atoms with Gasteiger partial charge in [0.2, 0.25) is 0 Å². The first-order valence-electron chi connectivity index (χ1n) is 16.5. The number of hydrogen-bond donors (Lipinski definition) is 0. The molecule has 0 N–H and O–H groups in total. The summed E-state index contributed by atoms with van der Waals surface area (Å²) in [6.07, 6.45) is 14.0. The van der Waals surface area contributed by atoms with E-state index in [4.69, 9.17) is 4.74 Å². The third kappa shape index (κ3) is 5.47. The molecule has 8 nitrogen and oxygen atoms in total. The van der Waals surface area contributed by atoms with Crippen molar-refractivity contribution in [3.05, 3.63) is 44.0 Å². The topological polar surface area (TPSA) is 113 Å². The summed E-state index contributed by atoms with van der Waals surface area (Å²) in [6, 6.07) is 3.10. The van der Waals surface area contributed by atoms with Gasteiger partial charge in [-0.3, -0.25) is 20.2 Å². The van der Waals surface area contributed by atoms with Gasteiger partial charge in [0, 0.05) is 17.5 Å². The van der Waals surface area contributed by atoms with Crippen LogP contribution in [0.4, 0.5) is 11.4 Å². The average molecular weight is 583 g/mol. The number of carbonyl (C=O) groups excluding carboxylic acids is 1. The van der Waals surface area contributed by atoms with E-state index in [1.54, 1.807) is 0 Å². The fourth-order valence-corrected chi connectivity index (χ4v) is 10.6. The first-order chi connectivity index (χ1) is 19.9. The highest BCUT2D eigenvalue weighted by atomic mass is 16.6. The number of nitrogens with zero attached hydrogens (tertiary/aromatic N) is 2. The Morgan fingerprint density at radius 1 is 0.905 bits per heavy atom. The van der Waals surface area contributed by atoms with E-state index in [0.717, 1.165) is 68.1 Å². The zero-order valence-electron chi connectivity index (χ0n) is 26.2. The molecule has 1 aromatic carbocycles. The SMILES string of the molecule is CC(C)CCC[C@@H](C)[C@H]1CC[C@H]2[C@@H]3CCC4CCCC(OC(=O)c5cc([N+](=O)[O-])cc([N+](=O)[O-])c5)[C@]4(C)[C@H]3CC[C@]12C. The molecule has 232 valence electrons. The van der Waals surface area contributed by atoms with E-state index >= 15 is 0 Å². The van der Waals surface area contributed by atoms with Crippen molar-refractivity contribution >= 4 is 17.3 Å². The molecule has 9 atom stereocenters. The maximum Gasteiger partial charge on any atom is 0.338 e. The van der Waals surface area contributed by atoms with Gasteiger partial charge < -0.3 is 4.74 Å². The lowest BCUT2D eigenvalue weighted by molar-refractivity contribution is -0.394. The summed E-state index contributed by atoms with van der Waals surface area (Å²) in [5, 5.41) is 22.9. The number of esters is 1. The summed E-state index contributed by atoms with van der Waals surface area (Å²) in [7, 11) is 0. The molecular formula is C34H50N2O6. The molecule has 4 aliphatic carbocycles. The fraction of sp³-hybridized carbons (Fsp3) is 0.794. The lowest BCUT2D eigenvalue weighted by atomic mass is 9.44. The van der Waals surface area contributed by atoms with Crippen molar-refractivity contribution in [1.82, 2.24) is 0 Å². The molecule has 0 aromatic heterocycles. The Labute approximate surface area is 250 Å². The maximum atomic E-state index is 13.5. The van der Waals surface area contributed by atoms with Crippen LogP contribution in [0.25, 0.3) is 0 Å². The van der Waals surface area contributed by atoms with Gasteiger partial charge in [-0.25, -0.2) is 4.79 Å². The number of nitro groups is 2. The highest BCUT2D eigenvalue weighted by molar-refractivity contribution is 5.91. The Balaban J connectivity index is 1.36. The van der Waals surface area contributed by atoms with E-state index < -0.39 is 27.2 Å². The second kappa shape index (κ2) is 11.9. The van der Waals surface area contributed by atoms with Gasteiger partial charge in [-0.15, -0.1) is 0 Å². The van der Waals surface area contributed by atoms with E-state index in [-0.39, 0.29) is 17.1 Å². The molecule has 2 unspecified atom stereocenters. The van der Waals surface area contributed by atoms with Gasteiger partial charge >= 0.3 is 5.97 Å². The Morgan fingerprint density at radius 2 is 1.60 bits per heavy atom. The Morgan fingerprint density at radius 3 is 2.24 bits per heavy atom. The number of nitro benzene ring substituents is 2. The fourth-order valence-electron chi connectivity index (χ4n) is 10.6. The van der Waals surface area contributed by atoms with Crippen LogP contribution in [-0.2, 0) is 4.74 Å². The van der Waals surface area contributed by atoms with Crippen LogP contribution in [0.5, 0.6) is 0 Å². The molecule has 1 aromatic rings. The van der Waals surface area contributed by atoms with Gasteiger partial charge in [0.1, 0.15) is 6.10 Å². The van der Waals surface area contributed by atoms with Crippen molar-refractivity contribution in [3.63, 3.8) is 0 Å². The van der Waals surface area contributed by atoms with E-state index in [2.05, 4.69) is 34.6 Å². The minimum atomic E-state index is -0.702. The predicted octanol–water partition coefficient (Wildman–Crippen LogP) is 9.15. The average Bonchev–Trinajstić information content (AvgIpc) is 3.30. The van der Waals surface area contributed by atoms with Gasteiger partial charge in [0.05, 0.1) is 21.5 Å². The minimum Gasteiger partial charge on any atom is -0.458 e. The second-order valence-electron chi connectivity index (χ2n) is 15.1. The smallest absolute Gasteiger partial charge is 0.338 e. The number of benzene rings is 1. The normalized spacial score (nSPS) is 36.4. The summed E-state index contributed by atoms with van der Waals surface area (Å²) in [5.74, 6) is 3.94. The molecule has 0 aliphatic heterocycles. The molecule has 0 amide bonds. The van der Waals surface area contributed by atoms with Crippen molar-refractivity contribution in [2.45, 2.75) is 118 Å². The molecule has 0 heterocycles. The number of carbonyl (C=O) groups is 1. The third-order valence-corrected chi connectivity index (χ3v) is 12.7. The lowest BCUT2D eigenvalue weighted by Gasteiger charge is -2.62. The number of rotatable bonds is 9. The molecule has 8 heteroatoms. The summed E-state index contributed by atoms with van der Waals surface area (Å²) >= 11 is 0. The standard InChI is InChI=1S/C34H50N2O6/c1-21(2)8-6-9-22(3)28-14-15-29-27-13-12-24-10-7-11-31(34(24,5)30(27)16-17-33(28,29)4)42-32(37)23-18-25(35(38)39)20-26(19-23)36(40)41/h18-22,24,27-31H,6-17H2,1-5H3/t22-,24?,27+,28-,29+,30+,31?,33-,34+/m1/s1.